The fourth-order valence-corrected chi connectivity index (χ4v) is 1.51. The zero-order valence-corrected chi connectivity index (χ0v) is 10.7. The van der Waals surface area contributed by atoms with E-state index in [1.807, 2.05) is 30.3 Å². The van der Waals surface area contributed by atoms with Gasteiger partial charge in [0.05, 0.1) is 12.8 Å². The van der Waals surface area contributed by atoms with Crippen LogP contribution in [0.5, 0.6) is 0 Å². The molecule has 0 aliphatic heterocycles. The Kier molecular flexibility index (Phi) is 4.83. The molecule has 2 aromatic rings. The van der Waals surface area contributed by atoms with Crippen LogP contribution in [-0.2, 0) is 4.79 Å². The minimum atomic E-state index is -0.313. The molecule has 0 heterocycles. The fourth-order valence-electron chi connectivity index (χ4n) is 1.51. The third-order valence-electron chi connectivity index (χ3n) is 2.50. The smallest absolute Gasteiger partial charge is 0.259 e. The summed E-state index contributed by atoms with van der Waals surface area (Å²) in [5.74, 6) is -0.589. The standard InChI is InChI=1S/C15H14FN3O/c16-13-6-8-14(9-7-13)17-11-15(20)19-18-10-12-4-2-1-3-5-12/h1-10,17H,11H2,(H,19,20)/b18-10+. The molecule has 1 amide bonds. The molecule has 20 heavy (non-hydrogen) atoms. The number of hydrogen-bond donors (Lipinski definition) is 2. The minimum Gasteiger partial charge on any atom is -0.376 e. The van der Waals surface area contributed by atoms with Crippen molar-refractivity contribution in [2.75, 3.05) is 11.9 Å². The quantitative estimate of drug-likeness (QED) is 0.648. The van der Waals surface area contributed by atoms with Gasteiger partial charge in [0, 0.05) is 5.69 Å². The summed E-state index contributed by atoms with van der Waals surface area (Å²) in [6.07, 6.45) is 1.57. The number of anilines is 1. The highest BCUT2D eigenvalue weighted by atomic mass is 19.1. The van der Waals surface area contributed by atoms with Crippen LogP contribution in [0.4, 0.5) is 10.1 Å². The number of carbonyl (C=O) groups excluding carboxylic acids is 1. The van der Waals surface area contributed by atoms with Crippen molar-refractivity contribution in [3.05, 3.63) is 66.0 Å². The maximum Gasteiger partial charge on any atom is 0.259 e. The van der Waals surface area contributed by atoms with E-state index in [9.17, 15) is 9.18 Å². The Balaban J connectivity index is 1.76. The number of amides is 1. The number of carbonyl (C=O) groups is 1. The van der Waals surface area contributed by atoms with E-state index < -0.39 is 0 Å². The van der Waals surface area contributed by atoms with Crippen molar-refractivity contribution in [1.29, 1.82) is 0 Å². The zero-order valence-electron chi connectivity index (χ0n) is 10.7. The molecule has 0 radical (unpaired) electrons. The van der Waals surface area contributed by atoms with Gasteiger partial charge < -0.3 is 5.32 Å². The molecule has 0 unspecified atom stereocenters. The molecule has 0 saturated heterocycles. The summed E-state index contributed by atoms with van der Waals surface area (Å²) in [4.78, 5) is 11.5. The highest BCUT2D eigenvalue weighted by Gasteiger charge is 1.99. The van der Waals surface area contributed by atoms with Gasteiger partial charge in [-0.3, -0.25) is 4.79 Å². The lowest BCUT2D eigenvalue weighted by Gasteiger charge is -2.04. The average Bonchev–Trinajstić information content (AvgIpc) is 2.48. The van der Waals surface area contributed by atoms with Crippen LogP contribution in [0.25, 0.3) is 0 Å². The SMILES string of the molecule is O=C(CNc1ccc(F)cc1)N/N=C/c1ccccc1. The third kappa shape index (κ3) is 4.53. The van der Waals surface area contributed by atoms with E-state index in [-0.39, 0.29) is 18.3 Å². The summed E-state index contributed by atoms with van der Waals surface area (Å²) in [7, 11) is 0. The van der Waals surface area contributed by atoms with Crippen molar-refractivity contribution in [3.8, 4) is 0 Å². The lowest BCUT2D eigenvalue weighted by molar-refractivity contribution is -0.119. The number of halogens is 1. The van der Waals surface area contributed by atoms with Crippen LogP contribution >= 0.6 is 0 Å². The number of nitrogens with one attached hydrogen (secondary N) is 2. The van der Waals surface area contributed by atoms with E-state index in [0.29, 0.717) is 5.69 Å². The summed E-state index contributed by atoms with van der Waals surface area (Å²) in [5, 5.41) is 6.71. The highest BCUT2D eigenvalue weighted by molar-refractivity contribution is 5.84. The van der Waals surface area contributed by atoms with Crippen molar-refractivity contribution in [2.24, 2.45) is 5.10 Å². The van der Waals surface area contributed by atoms with Gasteiger partial charge >= 0.3 is 0 Å². The first-order valence-corrected chi connectivity index (χ1v) is 6.10. The van der Waals surface area contributed by atoms with E-state index in [1.165, 1.54) is 12.1 Å². The van der Waals surface area contributed by atoms with E-state index >= 15 is 0 Å². The first-order chi connectivity index (χ1) is 9.74. The van der Waals surface area contributed by atoms with Gasteiger partial charge in [-0.15, -0.1) is 0 Å². The molecule has 0 saturated carbocycles. The monoisotopic (exact) mass is 271 g/mol. The van der Waals surface area contributed by atoms with Crippen LogP contribution in [0.15, 0.2) is 59.7 Å². The Labute approximate surface area is 116 Å². The Morgan fingerprint density at radius 3 is 2.50 bits per heavy atom. The van der Waals surface area contributed by atoms with Crippen molar-refractivity contribution in [3.63, 3.8) is 0 Å². The molecule has 4 nitrogen and oxygen atoms in total. The number of hydrazone groups is 1. The van der Waals surface area contributed by atoms with E-state index in [4.69, 9.17) is 0 Å². The van der Waals surface area contributed by atoms with Gasteiger partial charge in [-0.1, -0.05) is 30.3 Å². The Bertz CT molecular complexity index is 582. The van der Waals surface area contributed by atoms with Crippen molar-refractivity contribution in [1.82, 2.24) is 5.43 Å². The van der Waals surface area contributed by atoms with Gasteiger partial charge in [0.2, 0.25) is 0 Å². The van der Waals surface area contributed by atoms with Crippen LogP contribution < -0.4 is 10.7 Å². The maximum atomic E-state index is 12.7. The third-order valence-corrected chi connectivity index (χ3v) is 2.50. The van der Waals surface area contributed by atoms with Crippen LogP contribution in [0.1, 0.15) is 5.56 Å². The van der Waals surface area contributed by atoms with E-state index in [1.54, 1.807) is 18.3 Å². The Morgan fingerprint density at radius 1 is 1.10 bits per heavy atom. The van der Waals surface area contributed by atoms with Gasteiger partial charge in [0.15, 0.2) is 0 Å². The molecule has 0 spiro atoms. The second-order valence-electron chi connectivity index (χ2n) is 4.06. The second-order valence-corrected chi connectivity index (χ2v) is 4.06. The Hall–Kier alpha value is -2.69. The summed E-state index contributed by atoms with van der Waals surface area (Å²) in [6, 6.07) is 15.2. The number of hydrogen-bond acceptors (Lipinski definition) is 3. The predicted molar refractivity (Wildman–Crippen MR) is 77.1 cm³/mol. The zero-order chi connectivity index (χ0) is 14.2. The molecule has 0 fully saturated rings. The van der Waals surface area contributed by atoms with Crippen LogP contribution in [0.2, 0.25) is 0 Å². The number of rotatable bonds is 5. The van der Waals surface area contributed by atoms with E-state index in [2.05, 4.69) is 15.8 Å². The average molecular weight is 271 g/mol. The van der Waals surface area contributed by atoms with Crippen molar-refractivity contribution in [2.45, 2.75) is 0 Å². The first kappa shape index (κ1) is 13.7. The topological polar surface area (TPSA) is 53.5 Å². The van der Waals surface area contributed by atoms with Gasteiger partial charge in [0.1, 0.15) is 5.82 Å². The normalized spacial score (nSPS) is 10.4. The second kappa shape index (κ2) is 7.04. The molecule has 0 bridgehead atoms. The molecule has 0 aliphatic rings. The van der Waals surface area contributed by atoms with Crippen molar-refractivity contribution >= 4 is 17.8 Å². The molecule has 2 aromatic carbocycles. The van der Waals surface area contributed by atoms with Gasteiger partial charge in [-0.2, -0.15) is 5.10 Å². The lowest BCUT2D eigenvalue weighted by Crippen LogP contribution is -2.25. The molecular weight excluding hydrogens is 257 g/mol. The van der Waals surface area contributed by atoms with Gasteiger partial charge in [-0.05, 0) is 29.8 Å². The van der Waals surface area contributed by atoms with Crippen LogP contribution in [0, 0.1) is 5.82 Å². The van der Waals surface area contributed by atoms with Gasteiger partial charge in [0.25, 0.3) is 5.91 Å². The summed E-state index contributed by atoms with van der Waals surface area (Å²) >= 11 is 0. The summed E-state index contributed by atoms with van der Waals surface area (Å²) in [6.45, 7) is 0.0672. The van der Waals surface area contributed by atoms with Crippen LogP contribution in [0.3, 0.4) is 0 Å². The highest BCUT2D eigenvalue weighted by Crippen LogP contribution is 2.07. The molecular formula is C15H14FN3O. The molecule has 0 atom stereocenters. The fraction of sp³-hybridized carbons (Fsp3) is 0.0667. The molecule has 5 heteroatoms. The molecule has 0 aromatic heterocycles. The molecule has 2 N–H and O–H groups in total. The summed E-state index contributed by atoms with van der Waals surface area (Å²) < 4.78 is 12.7. The number of nitrogens with zero attached hydrogens (tertiary/aromatic N) is 1. The van der Waals surface area contributed by atoms with Crippen LogP contribution in [-0.4, -0.2) is 18.7 Å². The van der Waals surface area contributed by atoms with Gasteiger partial charge in [-0.25, -0.2) is 9.82 Å². The van der Waals surface area contributed by atoms with E-state index in [0.717, 1.165) is 5.56 Å². The number of benzene rings is 2. The largest absolute Gasteiger partial charge is 0.376 e. The summed E-state index contributed by atoms with van der Waals surface area (Å²) in [5.41, 5.74) is 3.98. The maximum absolute atomic E-state index is 12.7. The Morgan fingerprint density at radius 2 is 1.80 bits per heavy atom. The minimum absolute atomic E-state index is 0.0672. The first-order valence-electron chi connectivity index (χ1n) is 6.10. The predicted octanol–water partition coefficient (Wildman–Crippen LogP) is 2.39. The molecule has 0 aliphatic carbocycles. The molecule has 2 rings (SSSR count). The lowest BCUT2D eigenvalue weighted by atomic mass is 10.2. The molecule has 102 valence electrons. The van der Waals surface area contributed by atoms with Crippen molar-refractivity contribution < 1.29 is 9.18 Å².